The highest BCUT2D eigenvalue weighted by molar-refractivity contribution is 5.15. The van der Waals surface area contributed by atoms with Crippen LogP contribution in [0.25, 0.3) is 0 Å². The molecule has 0 saturated carbocycles. The van der Waals surface area contributed by atoms with Gasteiger partial charge in [0.1, 0.15) is 5.75 Å². The topological polar surface area (TPSA) is 34.1 Å². The zero-order valence-corrected chi connectivity index (χ0v) is 11.0. The van der Waals surface area contributed by atoms with Crippen LogP contribution in [0.1, 0.15) is 33.1 Å². The minimum Gasteiger partial charge on any atom is -0.492 e. The number of nitrogens with one attached hydrogen (secondary N) is 1. The van der Waals surface area contributed by atoms with E-state index in [9.17, 15) is 0 Å². The Morgan fingerprint density at radius 1 is 1.29 bits per heavy atom. The molecule has 0 unspecified atom stereocenters. The third-order valence-electron chi connectivity index (χ3n) is 2.45. The summed E-state index contributed by atoms with van der Waals surface area (Å²) < 4.78 is 5.57. The van der Waals surface area contributed by atoms with Crippen LogP contribution in [-0.2, 0) is 0 Å². The molecular formula is C14H24N2O. The molecule has 1 aromatic heterocycles. The third-order valence-corrected chi connectivity index (χ3v) is 2.45. The van der Waals surface area contributed by atoms with Crippen LogP contribution < -0.4 is 10.1 Å². The number of nitrogens with zero attached hydrogens (tertiary/aromatic N) is 1. The normalized spacial score (nSPS) is 10.8. The van der Waals surface area contributed by atoms with Crippen molar-refractivity contribution in [2.45, 2.75) is 33.1 Å². The lowest BCUT2D eigenvalue weighted by Crippen LogP contribution is -2.20. The zero-order chi connectivity index (χ0) is 12.3. The quantitative estimate of drug-likeness (QED) is 0.669. The predicted molar refractivity (Wildman–Crippen MR) is 71.3 cm³/mol. The summed E-state index contributed by atoms with van der Waals surface area (Å²) in [5.41, 5.74) is 0. The van der Waals surface area contributed by atoms with Crippen molar-refractivity contribution in [3.05, 3.63) is 24.5 Å². The Balaban J connectivity index is 1.88. The second-order valence-corrected chi connectivity index (χ2v) is 4.70. The molecule has 96 valence electrons. The second-order valence-electron chi connectivity index (χ2n) is 4.70. The van der Waals surface area contributed by atoms with E-state index in [0.29, 0.717) is 0 Å². The second kappa shape index (κ2) is 8.99. The smallest absolute Gasteiger partial charge is 0.137 e. The van der Waals surface area contributed by atoms with Crippen molar-refractivity contribution in [2.24, 2.45) is 5.92 Å². The van der Waals surface area contributed by atoms with Gasteiger partial charge in [-0.1, -0.05) is 13.8 Å². The summed E-state index contributed by atoms with van der Waals surface area (Å²) in [5, 5.41) is 3.44. The molecule has 1 heterocycles. The van der Waals surface area contributed by atoms with E-state index in [0.717, 1.165) is 37.8 Å². The lowest BCUT2D eigenvalue weighted by Gasteiger charge is -2.07. The fourth-order valence-electron chi connectivity index (χ4n) is 1.54. The van der Waals surface area contributed by atoms with Gasteiger partial charge in [0, 0.05) is 6.20 Å². The first-order chi connectivity index (χ1) is 8.29. The SMILES string of the molecule is CC(C)CNCCCCCOc1cccnc1. The maximum atomic E-state index is 5.57. The van der Waals surface area contributed by atoms with Crippen molar-refractivity contribution in [1.29, 1.82) is 0 Å². The largest absolute Gasteiger partial charge is 0.492 e. The average molecular weight is 236 g/mol. The molecule has 0 radical (unpaired) electrons. The first-order valence-corrected chi connectivity index (χ1v) is 6.52. The molecule has 0 aromatic carbocycles. The van der Waals surface area contributed by atoms with Gasteiger partial charge in [0.2, 0.25) is 0 Å². The lowest BCUT2D eigenvalue weighted by molar-refractivity contribution is 0.303. The Morgan fingerprint density at radius 2 is 2.18 bits per heavy atom. The number of hydrogen-bond donors (Lipinski definition) is 1. The molecule has 1 rings (SSSR count). The van der Waals surface area contributed by atoms with E-state index in [2.05, 4.69) is 24.1 Å². The van der Waals surface area contributed by atoms with E-state index in [4.69, 9.17) is 4.74 Å². The molecule has 0 bridgehead atoms. The maximum Gasteiger partial charge on any atom is 0.137 e. The first kappa shape index (κ1) is 14.0. The van der Waals surface area contributed by atoms with Crippen molar-refractivity contribution in [3.8, 4) is 5.75 Å². The van der Waals surface area contributed by atoms with Gasteiger partial charge in [-0.3, -0.25) is 4.98 Å². The Hall–Kier alpha value is -1.09. The van der Waals surface area contributed by atoms with Crippen LogP contribution in [0.4, 0.5) is 0 Å². The van der Waals surface area contributed by atoms with Gasteiger partial charge in [-0.2, -0.15) is 0 Å². The van der Waals surface area contributed by atoms with E-state index in [1.807, 2.05) is 12.1 Å². The van der Waals surface area contributed by atoms with Crippen molar-refractivity contribution < 1.29 is 4.74 Å². The lowest BCUT2D eigenvalue weighted by atomic mass is 10.2. The van der Waals surface area contributed by atoms with E-state index >= 15 is 0 Å². The molecule has 1 N–H and O–H groups in total. The zero-order valence-electron chi connectivity index (χ0n) is 11.0. The minimum absolute atomic E-state index is 0.740. The van der Waals surface area contributed by atoms with E-state index in [1.165, 1.54) is 12.8 Å². The summed E-state index contributed by atoms with van der Waals surface area (Å²) in [6.45, 7) is 7.48. The van der Waals surface area contributed by atoms with Crippen molar-refractivity contribution in [2.75, 3.05) is 19.7 Å². The molecule has 0 amide bonds. The van der Waals surface area contributed by atoms with Crippen LogP contribution in [0.15, 0.2) is 24.5 Å². The molecule has 17 heavy (non-hydrogen) atoms. The highest BCUT2D eigenvalue weighted by Gasteiger charge is 1.94. The first-order valence-electron chi connectivity index (χ1n) is 6.52. The summed E-state index contributed by atoms with van der Waals surface area (Å²) in [6, 6.07) is 3.84. The van der Waals surface area contributed by atoms with Crippen LogP contribution in [-0.4, -0.2) is 24.7 Å². The standard InChI is InChI=1S/C14H24N2O/c1-13(2)11-15-8-4-3-5-10-17-14-7-6-9-16-12-14/h6-7,9,12-13,15H,3-5,8,10-11H2,1-2H3. The summed E-state index contributed by atoms with van der Waals surface area (Å²) in [4.78, 5) is 4.01. The Morgan fingerprint density at radius 3 is 2.88 bits per heavy atom. The van der Waals surface area contributed by atoms with Gasteiger partial charge in [0.05, 0.1) is 12.8 Å². The van der Waals surface area contributed by atoms with Crippen molar-refractivity contribution in [1.82, 2.24) is 10.3 Å². The van der Waals surface area contributed by atoms with Gasteiger partial charge >= 0.3 is 0 Å². The molecule has 0 aliphatic heterocycles. The molecule has 0 fully saturated rings. The average Bonchev–Trinajstić information content (AvgIpc) is 2.33. The molecule has 0 atom stereocenters. The maximum absolute atomic E-state index is 5.57. The highest BCUT2D eigenvalue weighted by Crippen LogP contribution is 2.07. The van der Waals surface area contributed by atoms with Gasteiger partial charge in [0.15, 0.2) is 0 Å². The molecule has 3 nitrogen and oxygen atoms in total. The number of rotatable bonds is 9. The van der Waals surface area contributed by atoms with Crippen LogP contribution in [0.2, 0.25) is 0 Å². The summed E-state index contributed by atoms with van der Waals surface area (Å²) >= 11 is 0. The fourth-order valence-corrected chi connectivity index (χ4v) is 1.54. The number of pyridine rings is 1. The molecule has 0 aliphatic rings. The minimum atomic E-state index is 0.740. The Bertz CT molecular complexity index is 275. The molecule has 3 heteroatoms. The van der Waals surface area contributed by atoms with Crippen molar-refractivity contribution in [3.63, 3.8) is 0 Å². The summed E-state index contributed by atoms with van der Waals surface area (Å²) in [7, 11) is 0. The highest BCUT2D eigenvalue weighted by atomic mass is 16.5. The molecule has 0 aliphatic carbocycles. The van der Waals surface area contributed by atoms with E-state index < -0.39 is 0 Å². The van der Waals surface area contributed by atoms with Gasteiger partial charge < -0.3 is 10.1 Å². The molecular weight excluding hydrogens is 212 g/mol. The number of aromatic nitrogens is 1. The Kier molecular flexibility index (Phi) is 7.39. The van der Waals surface area contributed by atoms with Gasteiger partial charge in [0.25, 0.3) is 0 Å². The Labute approximate surface area is 105 Å². The van der Waals surface area contributed by atoms with Gasteiger partial charge in [-0.25, -0.2) is 0 Å². The number of hydrogen-bond acceptors (Lipinski definition) is 3. The van der Waals surface area contributed by atoms with Crippen molar-refractivity contribution >= 4 is 0 Å². The third kappa shape index (κ3) is 7.75. The fraction of sp³-hybridized carbons (Fsp3) is 0.643. The monoisotopic (exact) mass is 236 g/mol. The molecule has 0 spiro atoms. The van der Waals surface area contributed by atoms with E-state index in [-0.39, 0.29) is 0 Å². The predicted octanol–water partition coefficient (Wildman–Crippen LogP) is 2.88. The van der Waals surface area contributed by atoms with Crippen LogP contribution >= 0.6 is 0 Å². The summed E-state index contributed by atoms with van der Waals surface area (Å²) in [5.74, 6) is 1.61. The van der Waals surface area contributed by atoms with Crippen LogP contribution in [0.3, 0.4) is 0 Å². The van der Waals surface area contributed by atoms with Gasteiger partial charge in [-0.05, 0) is 50.4 Å². The van der Waals surface area contributed by atoms with Crippen LogP contribution in [0.5, 0.6) is 5.75 Å². The van der Waals surface area contributed by atoms with E-state index in [1.54, 1.807) is 12.4 Å². The van der Waals surface area contributed by atoms with Crippen LogP contribution in [0, 0.1) is 5.92 Å². The molecule has 0 saturated heterocycles. The van der Waals surface area contributed by atoms with Gasteiger partial charge in [-0.15, -0.1) is 0 Å². The molecule has 1 aromatic rings. The number of unbranched alkanes of at least 4 members (excludes halogenated alkanes) is 2. The number of ether oxygens (including phenoxy) is 1. The summed E-state index contributed by atoms with van der Waals surface area (Å²) in [6.07, 6.45) is 7.06.